The average molecular weight is 550 g/mol. The van der Waals surface area contributed by atoms with Gasteiger partial charge in [-0.25, -0.2) is 0 Å². The van der Waals surface area contributed by atoms with E-state index in [-0.39, 0.29) is 18.5 Å². The van der Waals surface area contributed by atoms with Gasteiger partial charge in [0.25, 0.3) is 0 Å². The van der Waals surface area contributed by atoms with Gasteiger partial charge in [0.1, 0.15) is 6.10 Å². The van der Waals surface area contributed by atoms with Gasteiger partial charge < -0.3 is 4.74 Å². The molecule has 1 atom stereocenters. The molecule has 0 saturated heterocycles. The van der Waals surface area contributed by atoms with Crippen LogP contribution in [0.4, 0.5) is 0 Å². The minimum atomic E-state index is -0.263. The molecular formula is C36H69O3. The molecule has 0 amide bonds. The van der Waals surface area contributed by atoms with Crippen LogP contribution in [-0.4, -0.2) is 18.4 Å². The number of rotatable bonds is 33. The third-order valence-electron chi connectivity index (χ3n) is 8.22. The van der Waals surface area contributed by atoms with Crippen LogP contribution in [0.1, 0.15) is 213 Å². The zero-order valence-corrected chi connectivity index (χ0v) is 26.7. The molecule has 231 valence electrons. The van der Waals surface area contributed by atoms with Gasteiger partial charge >= 0.3 is 5.97 Å². The van der Waals surface area contributed by atoms with Crippen molar-refractivity contribution in [3.8, 4) is 0 Å². The van der Waals surface area contributed by atoms with Gasteiger partial charge in [0.2, 0.25) is 6.29 Å². The Kier molecular flexibility index (Phi) is 32.6. The molecule has 1 radical (unpaired) electrons. The van der Waals surface area contributed by atoms with Crippen molar-refractivity contribution in [3.63, 3.8) is 0 Å². The summed E-state index contributed by atoms with van der Waals surface area (Å²) in [5.74, 6) is -0.129. The van der Waals surface area contributed by atoms with Crippen molar-refractivity contribution < 1.29 is 14.3 Å². The molecule has 0 aliphatic heterocycles. The predicted molar refractivity (Wildman–Crippen MR) is 170 cm³/mol. The first-order valence-electron chi connectivity index (χ1n) is 17.8. The lowest BCUT2D eigenvalue weighted by Crippen LogP contribution is -2.18. The van der Waals surface area contributed by atoms with Crippen LogP contribution in [-0.2, 0) is 14.3 Å². The standard InChI is InChI=1S/C36H69O3/c1-3-5-7-9-11-12-13-14-15-16-17-18-19-20-21-22-23-24-26-28-30-32-36(38)39-35(33-34-37)31-29-27-25-10-8-6-4-2/h35H,3-33H2,1-2H3. The second-order valence-electron chi connectivity index (χ2n) is 12.2. The van der Waals surface area contributed by atoms with Gasteiger partial charge in [0.05, 0.1) is 6.42 Å². The van der Waals surface area contributed by atoms with Crippen molar-refractivity contribution >= 4 is 12.3 Å². The van der Waals surface area contributed by atoms with Crippen LogP contribution >= 0.6 is 0 Å². The minimum Gasteiger partial charge on any atom is -0.462 e. The molecule has 0 aliphatic carbocycles. The lowest BCUT2D eigenvalue weighted by Gasteiger charge is -2.15. The summed E-state index contributed by atoms with van der Waals surface area (Å²) in [5, 5.41) is 0. The van der Waals surface area contributed by atoms with Crippen LogP contribution in [0.5, 0.6) is 0 Å². The summed E-state index contributed by atoms with van der Waals surface area (Å²) in [6, 6.07) is 0. The maximum absolute atomic E-state index is 12.2. The molecule has 0 N–H and O–H groups in total. The van der Waals surface area contributed by atoms with Crippen molar-refractivity contribution in [3.05, 3.63) is 0 Å². The molecule has 0 spiro atoms. The van der Waals surface area contributed by atoms with Crippen LogP contribution < -0.4 is 0 Å². The number of ether oxygens (including phenoxy) is 1. The van der Waals surface area contributed by atoms with E-state index in [9.17, 15) is 9.59 Å². The summed E-state index contributed by atoms with van der Waals surface area (Å²) in [6.45, 7) is 4.52. The Bertz CT molecular complexity index is 490. The maximum Gasteiger partial charge on any atom is 0.306 e. The summed E-state index contributed by atoms with van der Waals surface area (Å²) >= 11 is 0. The summed E-state index contributed by atoms with van der Waals surface area (Å²) in [6.07, 6.45) is 40.5. The highest BCUT2D eigenvalue weighted by molar-refractivity contribution is 5.69. The lowest BCUT2D eigenvalue weighted by molar-refractivity contribution is -0.149. The molecule has 1 unspecified atom stereocenters. The highest BCUT2D eigenvalue weighted by Gasteiger charge is 2.14. The second-order valence-corrected chi connectivity index (χ2v) is 12.2. The first-order valence-corrected chi connectivity index (χ1v) is 17.8. The molecule has 0 aromatic rings. The molecule has 0 saturated carbocycles. The van der Waals surface area contributed by atoms with Gasteiger partial charge in [0, 0.05) is 6.42 Å². The van der Waals surface area contributed by atoms with Crippen LogP contribution in [0.2, 0.25) is 0 Å². The van der Waals surface area contributed by atoms with Gasteiger partial charge in [-0.2, -0.15) is 0 Å². The first kappa shape index (κ1) is 38.1. The van der Waals surface area contributed by atoms with E-state index in [4.69, 9.17) is 4.74 Å². The quantitative estimate of drug-likeness (QED) is 0.0604. The van der Waals surface area contributed by atoms with E-state index in [1.54, 1.807) is 0 Å². The SMILES string of the molecule is CCCCCCCCCCCCCCCCCCCCCCCC(=O)OC(C[C]=O)CCCCCCCCC. The topological polar surface area (TPSA) is 43.4 Å². The number of unbranched alkanes of at least 4 members (excludes halogenated alkanes) is 26. The zero-order chi connectivity index (χ0) is 28.5. The highest BCUT2D eigenvalue weighted by Crippen LogP contribution is 2.17. The summed E-state index contributed by atoms with van der Waals surface area (Å²) in [7, 11) is 0. The lowest BCUT2D eigenvalue weighted by atomic mass is 10.0. The zero-order valence-electron chi connectivity index (χ0n) is 26.7. The normalized spacial score (nSPS) is 12.1. The summed E-state index contributed by atoms with van der Waals surface area (Å²) in [5.41, 5.74) is 0. The molecule has 0 heterocycles. The van der Waals surface area contributed by atoms with Crippen molar-refractivity contribution in [1.82, 2.24) is 0 Å². The molecular weight excluding hydrogens is 480 g/mol. The van der Waals surface area contributed by atoms with Crippen molar-refractivity contribution in [1.29, 1.82) is 0 Å². The van der Waals surface area contributed by atoms with Gasteiger partial charge in [-0.1, -0.05) is 181 Å². The van der Waals surface area contributed by atoms with E-state index in [0.29, 0.717) is 6.42 Å². The van der Waals surface area contributed by atoms with E-state index in [1.165, 1.54) is 154 Å². The van der Waals surface area contributed by atoms with Crippen molar-refractivity contribution in [2.75, 3.05) is 0 Å². The molecule has 0 aliphatic rings. The Morgan fingerprint density at radius 1 is 0.487 bits per heavy atom. The number of esters is 1. The van der Waals surface area contributed by atoms with Crippen LogP contribution in [0.15, 0.2) is 0 Å². The number of hydrogen-bond acceptors (Lipinski definition) is 3. The molecule has 3 heteroatoms. The molecule has 0 aromatic heterocycles. The highest BCUT2D eigenvalue weighted by atomic mass is 16.5. The fourth-order valence-electron chi connectivity index (χ4n) is 5.57. The van der Waals surface area contributed by atoms with Gasteiger partial charge in [-0.15, -0.1) is 0 Å². The fourth-order valence-corrected chi connectivity index (χ4v) is 5.57. The molecule has 0 aromatic carbocycles. The monoisotopic (exact) mass is 550 g/mol. The Morgan fingerprint density at radius 3 is 1.13 bits per heavy atom. The number of hydrogen-bond donors (Lipinski definition) is 0. The Balaban J connectivity index is 3.39. The Hall–Kier alpha value is -0.860. The predicted octanol–water partition coefficient (Wildman–Crippen LogP) is 12.1. The minimum absolute atomic E-state index is 0.129. The van der Waals surface area contributed by atoms with E-state index in [2.05, 4.69) is 13.8 Å². The van der Waals surface area contributed by atoms with E-state index < -0.39 is 0 Å². The van der Waals surface area contributed by atoms with Crippen LogP contribution in [0.25, 0.3) is 0 Å². The number of carbonyl (C=O) groups is 1. The second kappa shape index (κ2) is 33.3. The molecule has 3 nitrogen and oxygen atoms in total. The van der Waals surface area contributed by atoms with Crippen LogP contribution in [0.3, 0.4) is 0 Å². The molecule has 39 heavy (non-hydrogen) atoms. The summed E-state index contributed by atoms with van der Waals surface area (Å²) in [4.78, 5) is 23.0. The van der Waals surface area contributed by atoms with Crippen molar-refractivity contribution in [2.45, 2.75) is 219 Å². The van der Waals surface area contributed by atoms with E-state index >= 15 is 0 Å². The average Bonchev–Trinajstić information content (AvgIpc) is 2.93. The fraction of sp³-hybridized carbons (Fsp3) is 0.944. The van der Waals surface area contributed by atoms with Crippen LogP contribution in [0, 0.1) is 0 Å². The number of carbonyl (C=O) groups excluding carboxylic acids is 2. The van der Waals surface area contributed by atoms with E-state index in [1.807, 2.05) is 6.29 Å². The molecule has 0 bridgehead atoms. The Morgan fingerprint density at radius 2 is 0.795 bits per heavy atom. The third kappa shape index (κ3) is 31.5. The maximum atomic E-state index is 12.2. The molecule has 0 rings (SSSR count). The summed E-state index contributed by atoms with van der Waals surface area (Å²) < 4.78 is 5.58. The van der Waals surface area contributed by atoms with Gasteiger partial charge in [-0.05, 0) is 19.3 Å². The smallest absolute Gasteiger partial charge is 0.306 e. The van der Waals surface area contributed by atoms with Gasteiger partial charge in [-0.3, -0.25) is 9.59 Å². The first-order chi connectivity index (χ1) is 19.2. The van der Waals surface area contributed by atoms with E-state index in [0.717, 1.165) is 32.1 Å². The Labute approximate surface area is 245 Å². The van der Waals surface area contributed by atoms with Gasteiger partial charge in [0.15, 0.2) is 0 Å². The molecule has 0 fully saturated rings. The van der Waals surface area contributed by atoms with Crippen molar-refractivity contribution in [2.24, 2.45) is 0 Å². The largest absolute Gasteiger partial charge is 0.462 e. The third-order valence-corrected chi connectivity index (χ3v) is 8.22.